The molecule has 0 aromatic heterocycles. The Kier molecular flexibility index (Phi) is 4.66. The highest BCUT2D eigenvalue weighted by Gasteiger charge is 2.38. The SMILES string of the molecule is NC(CCCCNCC1CC2CCC1C2)=NO. The number of nitrogens with zero attached hydrogens (tertiary/aromatic N) is 1. The highest BCUT2D eigenvalue weighted by molar-refractivity contribution is 5.79. The minimum absolute atomic E-state index is 0.345. The summed E-state index contributed by atoms with van der Waals surface area (Å²) in [6.45, 7) is 2.26. The van der Waals surface area contributed by atoms with Crippen molar-refractivity contribution in [2.24, 2.45) is 28.6 Å². The molecule has 0 radical (unpaired) electrons. The second-order valence-corrected chi connectivity index (χ2v) is 5.69. The van der Waals surface area contributed by atoms with Crippen LogP contribution >= 0.6 is 0 Å². The van der Waals surface area contributed by atoms with Gasteiger partial charge < -0.3 is 16.3 Å². The Hall–Kier alpha value is -0.770. The molecule has 0 heterocycles. The van der Waals surface area contributed by atoms with Crippen LogP contribution in [-0.2, 0) is 0 Å². The Morgan fingerprint density at radius 2 is 2.18 bits per heavy atom. The summed E-state index contributed by atoms with van der Waals surface area (Å²) in [6, 6.07) is 0. The lowest BCUT2D eigenvalue weighted by Crippen LogP contribution is -2.27. The van der Waals surface area contributed by atoms with E-state index in [0.29, 0.717) is 12.3 Å². The van der Waals surface area contributed by atoms with Gasteiger partial charge in [-0.25, -0.2) is 0 Å². The molecule has 4 nitrogen and oxygen atoms in total. The van der Waals surface area contributed by atoms with Gasteiger partial charge in [0.1, 0.15) is 5.84 Å². The van der Waals surface area contributed by atoms with Crippen LogP contribution in [0.25, 0.3) is 0 Å². The van der Waals surface area contributed by atoms with Gasteiger partial charge in [-0.15, -0.1) is 0 Å². The highest BCUT2D eigenvalue weighted by Crippen LogP contribution is 2.47. The minimum Gasteiger partial charge on any atom is -0.409 e. The van der Waals surface area contributed by atoms with E-state index in [1.165, 1.54) is 32.2 Å². The van der Waals surface area contributed by atoms with Gasteiger partial charge in [-0.2, -0.15) is 0 Å². The summed E-state index contributed by atoms with van der Waals surface area (Å²) in [6.07, 6.45) is 8.72. The van der Waals surface area contributed by atoms with Crippen LogP contribution in [-0.4, -0.2) is 24.1 Å². The highest BCUT2D eigenvalue weighted by atomic mass is 16.4. The zero-order valence-electron chi connectivity index (χ0n) is 10.6. The van der Waals surface area contributed by atoms with Crippen LogP contribution in [0.3, 0.4) is 0 Å². The van der Waals surface area contributed by atoms with Gasteiger partial charge in [0.2, 0.25) is 0 Å². The largest absolute Gasteiger partial charge is 0.409 e. The summed E-state index contributed by atoms with van der Waals surface area (Å²) in [4.78, 5) is 0. The van der Waals surface area contributed by atoms with Crippen LogP contribution in [0, 0.1) is 17.8 Å². The molecule has 2 aliphatic carbocycles. The predicted octanol–water partition coefficient (Wildman–Crippen LogP) is 1.93. The van der Waals surface area contributed by atoms with E-state index < -0.39 is 0 Å². The van der Waals surface area contributed by atoms with Gasteiger partial charge in [0.05, 0.1) is 0 Å². The number of hydrogen-bond donors (Lipinski definition) is 3. The zero-order valence-corrected chi connectivity index (χ0v) is 10.6. The van der Waals surface area contributed by atoms with Crippen molar-refractivity contribution < 1.29 is 5.21 Å². The Labute approximate surface area is 104 Å². The van der Waals surface area contributed by atoms with E-state index >= 15 is 0 Å². The fourth-order valence-corrected chi connectivity index (χ4v) is 3.52. The van der Waals surface area contributed by atoms with E-state index in [9.17, 15) is 0 Å². The molecule has 4 heteroatoms. The molecule has 0 amide bonds. The van der Waals surface area contributed by atoms with E-state index in [0.717, 1.165) is 37.1 Å². The molecular formula is C13H25N3O. The summed E-state index contributed by atoms with van der Waals surface area (Å²) >= 11 is 0. The number of hydrogen-bond acceptors (Lipinski definition) is 3. The number of unbranched alkanes of at least 4 members (excludes halogenated alkanes) is 1. The molecule has 2 saturated carbocycles. The van der Waals surface area contributed by atoms with Crippen LogP contribution in [0.4, 0.5) is 0 Å². The van der Waals surface area contributed by atoms with Crippen molar-refractivity contribution in [1.29, 1.82) is 0 Å². The molecule has 0 spiro atoms. The van der Waals surface area contributed by atoms with Crippen LogP contribution in [0.1, 0.15) is 44.9 Å². The molecule has 2 fully saturated rings. The van der Waals surface area contributed by atoms with E-state index in [-0.39, 0.29) is 0 Å². The van der Waals surface area contributed by atoms with E-state index in [4.69, 9.17) is 10.9 Å². The average Bonchev–Trinajstić information content (AvgIpc) is 2.95. The average molecular weight is 239 g/mol. The second kappa shape index (κ2) is 6.24. The topological polar surface area (TPSA) is 70.6 Å². The van der Waals surface area contributed by atoms with Crippen molar-refractivity contribution in [3.8, 4) is 0 Å². The van der Waals surface area contributed by atoms with Crippen LogP contribution in [0.2, 0.25) is 0 Å². The van der Waals surface area contributed by atoms with Crippen molar-refractivity contribution >= 4 is 5.84 Å². The van der Waals surface area contributed by atoms with Gasteiger partial charge in [0, 0.05) is 6.42 Å². The molecule has 0 aliphatic heterocycles. The molecule has 3 unspecified atom stereocenters. The molecule has 0 aromatic carbocycles. The van der Waals surface area contributed by atoms with Crippen molar-refractivity contribution in [2.45, 2.75) is 44.9 Å². The fourth-order valence-electron chi connectivity index (χ4n) is 3.52. The second-order valence-electron chi connectivity index (χ2n) is 5.69. The summed E-state index contributed by atoms with van der Waals surface area (Å²) in [5.74, 6) is 3.35. The molecule has 17 heavy (non-hydrogen) atoms. The first-order valence-corrected chi connectivity index (χ1v) is 6.96. The smallest absolute Gasteiger partial charge is 0.139 e. The summed E-state index contributed by atoms with van der Waals surface area (Å²) < 4.78 is 0. The Morgan fingerprint density at radius 1 is 1.29 bits per heavy atom. The summed E-state index contributed by atoms with van der Waals surface area (Å²) in [5, 5.41) is 14.9. The lowest BCUT2D eigenvalue weighted by molar-refractivity contribution is 0.315. The standard InChI is InChI=1S/C13H25N3O/c14-13(16-17)3-1-2-6-15-9-12-8-10-4-5-11(12)7-10/h10-12,15,17H,1-9H2,(H2,14,16). The van der Waals surface area contributed by atoms with Gasteiger partial charge in [-0.3, -0.25) is 0 Å². The van der Waals surface area contributed by atoms with Gasteiger partial charge >= 0.3 is 0 Å². The molecule has 0 aromatic rings. The van der Waals surface area contributed by atoms with Gasteiger partial charge in [-0.05, 0) is 62.9 Å². The van der Waals surface area contributed by atoms with Crippen LogP contribution in [0.15, 0.2) is 5.16 Å². The Bertz CT molecular complexity index is 267. The third-order valence-corrected chi connectivity index (χ3v) is 4.46. The molecule has 0 saturated heterocycles. The molecular weight excluding hydrogens is 214 g/mol. The maximum Gasteiger partial charge on any atom is 0.139 e. The molecule has 2 rings (SSSR count). The molecule has 2 bridgehead atoms. The first-order valence-electron chi connectivity index (χ1n) is 6.96. The Balaban J connectivity index is 1.47. The van der Waals surface area contributed by atoms with Gasteiger partial charge in [-0.1, -0.05) is 11.6 Å². The zero-order chi connectivity index (χ0) is 12.1. The van der Waals surface area contributed by atoms with Crippen molar-refractivity contribution in [2.75, 3.05) is 13.1 Å². The maximum absolute atomic E-state index is 8.39. The number of rotatable bonds is 7. The van der Waals surface area contributed by atoms with Gasteiger partial charge in [0.25, 0.3) is 0 Å². The first kappa shape index (κ1) is 12.7. The fraction of sp³-hybridized carbons (Fsp3) is 0.923. The van der Waals surface area contributed by atoms with Crippen molar-refractivity contribution in [3.05, 3.63) is 0 Å². The molecule has 2 aliphatic rings. The van der Waals surface area contributed by atoms with E-state index in [1.807, 2.05) is 0 Å². The Morgan fingerprint density at radius 3 is 2.82 bits per heavy atom. The van der Waals surface area contributed by atoms with Crippen molar-refractivity contribution in [3.63, 3.8) is 0 Å². The van der Waals surface area contributed by atoms with Crippen molar-refractivity contribution in [1.82, 2.24) is 5.32 Å². The first-order chi connectivity index (χ1) is 8.29. The minimum atomic E-state index is 0.345. The van der Waals surface area contributed by atoms with E-state index in [1.54, 1.807) is 0 Å². The number of oxime groups is 1. The van der Waals surface area contributed by atoms with E-state index in [2.05, 4.69) is 10.5 Å². The number of fused-ring (bicyclic) bond motifs is 2. The number of nitrogens with two attached hydrogens (primary N) is 1. The molecule has 4 N–H and O–H groups in total. The third-order valence-electron chi connectivity index (χ3n) is 4.46. The van der Waals surface area contributed by atoms with Crippen LogP contribution in [0.5, 0.6) is 0 Å². The van der Waals surface area contributed by atoms with Crippen LogP contribution < -0.4 is 11.1 Å². The van der Waals surface area contributed by atoms with Gasteiger partial charge in [0.15, 0.2) is 0 Å². The third kappa shape index (κ3) is 3.60. The maximum atomic E-state index is 8.39. The molecule has 3 atom stereocenters. The number of nitrogens with one attached hydrogen (secondary N) is 1. The lowest BCUT2D eigenvalue weighted by Gasteiger charge is -2.21. The lowest BCUT2D eigenvalue weighted by atomic mass is 9.89. The monoisotopic (exact) mass is 239 g/mol. The normalized spacial score (nSPS) is 32.2. The predicted molar refractivity (Wildman–Crippen MR) is 69.1 cm³/mol. The summed E-state index contributed by atoms with van der Waals surface area (Å²) in [7, 11) is 0. The quantitative estimate of drug-likeness (QED) is 0.209. The number of amidine groups is 1. The summed E-state index contributed by atoms with van der Waals surface area (Å²) in [5.41, 5.74) is 5.41. The molecule has 98 valence electrons.